The second kappa shape index (κ2) is 5.29. The van der Waals surface area contributed by atoms with E-state index in [0.29, 0.717) is 29.4 Å². The number of esters is 1. The van der Waals surface area contributed by atoms with Gasteiger partial charge in [-0.25, -0.2) is 0 Å². The number of allylic oxidation sites excluding steroid dienone is 2. The SMILES string of the molecule is CC(=O)OC1=CC=c2oc3c(c2C1=O)CCCN(C(C)=O)C=3. The van der Waals surface area contributed by atoms with Gasteiger partial charge in [0, 0.05) is 32.2 Å². The number of ether oxygens (including phenoxy) is 1. The van der Waals surface area contributed by atoms with E-state index in [1.54, 1.807) is 17.2 Å². The predicted molar refractivity (Wildman–Crippen MR) is 76.8 cm³/mol. The molecule has 1 aliphatic heterocycles. The number of Topliss-reactive ketones (excluding diaryl/α,β-unsaturated/α-hetero) is 1. The van der Waals surface area contributed by atoms with Crippen molar-refractivity contribution in [1.29, 1.82) is 0 Å². The average molecular weight is 301 g/mol. The maximum absolute atomic E-state index is 12.5. The van der Waals surface area contributed by atoms with E-state index >= 15 is 0 Å². The first-order chi connectivity index (χ1) is 10.5. The third-order valence-electron chi connectivity index (χ3n) is 3.66. The van der Waals surface area contributed by atoms with Crippen LogP contribution in [-0.2, 0) is 20.7 Å². The number of amides is 1. The molecule has 6 nitrogen and oxygen atoms in total. The Morgan fingerprint density at radius 1 is 1.23 bits per heavy atom. The van der Waals surface area contributed by atoms with Crippen LogP contribution in [0.5, 0.6) is 0 Å². The normalized spacial score (nSPS) is 16.5. The molecule has 0 fully saturated rings. The van der Waals surface area contributed by atoms with Crippen LogP contribution < -0.4 is 10.8 Å². The van der Waals surface area contributed by atoms with Crippen molar-refractivity contribution >= 4 is 29.9 Å². The fraction of sp³-hybridized carbons (Fsp3) is 0.312. The van der Waals surface area contributed by atoms with Crippen LogP contribution in [0.1, 0.15) is 36.2 Å². The summed E-state index contributed by atoms with van der Waals surface area (Å²) in [5, 5.41) is 0. The van der Waals surface area contributed by atoms with Crippen LogP contribution in [-0.4, -0.2) is 29.1 Å². The van der Waals surface area contributed by atoms with E-state index < -0.39 is 5.97 Å². The highest BCUT2D eigenvalue weighted by Crippen LogP contribution is 2.17. The highest BCUT2D eigenvalue weighted by molar-refractivity contribution is 6.11. The van der Waals surface area contributed by atoms with Crippen molar-refractivity contribution in [2.75, 3.05) is 6.54 Å². The van der Waals surface area contributed by atoms with Gasteiger partial charge in [0.1, 0.15) is 10.8 Å². The smallest absolute Gasteiger partial charge is 0.308 e. The molecule has 0 bridgehead atoms. The van der Waals surface area contributed by atoms with Crippen LogP contribution >= 0.6 is 0 Å². The molecule has 0 radical (unpaired) electrons. The Hall–Kier alpha value is -2.63. The number of carbonyl (C=O) groups is 3. The number of nitrogens with zero attached hydrogens (tertiary/aromatic N) is 1. The molecule has 1 aromatic heterocycles. The van der Waals surface area contributed by atoms with Crippen LogP contribution in [0.4, 0.5) is 0 Å². The molecule has 1 aromatic rings. The van der Waals surface area contributed by atoms with Gasteiger partial charge >= 0.3 is 5.97 Å². The summed E-state index contributed by atoms with van der Waals surface area (Å²) in [7, 11) is 0. The number of furan rings is 1. The first kappa shape index (κ1) is 14.3. The molecule has 0 spiro atoms. The van der Waals surface area contributed by atoms with E-state index in [2.05, 4.69) is 0 Å². The number of carbonyl (C=O) groups excluding carboxylic acids is 3. The van der Waals surface area contributed by atoms with Crippen molar-refractivity contribution in [2.45, 2.75) is 26.7 Å². The molecular formula is C16H15NO5. The monoisotopic (exact) mass is 301 g/mol. The van der Waals surface area contributed by atoms with Crippen LogP contribution in [0.15, 0.2) is 16.3 Å². The molecule has 1 amide bonds. The van der Waals surface area contributed by atoms with Crippen molar-refractivity contribution < 1.29 is 23.5 Å². The van der Waals surface area contributed by atoms with Gasteiger partial charge in [0.15, 0.2) is 5.76 Å². The Balaban J connectivity index is 2.10. The Bertz CT molecular complexity index is 827. The summed E-state index contributed by atoms with van der Waals surface area (Å²) in [5.74, 6) is -0.977. The highest BCUT2D eigenvalue weighted by Gasteiger charge is 2.27. The standard InChI is InChI=1S/C16H15NO5/c1-9(18)17-7-3-4-11-14(8-17)22-12-5-6-13(21-10(2)19)16(20)15(11)12/h5-6,8H,3-4,7H2,1-2H3. The minimum Gasteiger partial charge on any atom is -0.455 e. The molecule has 1 aliphatic carbocycles. The average Bonchev–Trinajstić information content (AvgIpc) is 2.65. The van der Waals surface area contributed by atoms with Gasteiger partial charge in [-0.2, -0.15) is 0 Å². The molecule has 3 rings (SSSR count). The molecule has 0 aromatic carbocycles. The van der Waals surface area contributed by atoms with E-state index in [0.717, 1.165) is 12.0 Å². The minimum atomic E-state index is -0.541. The molecule has 0 saturated heterocycles. The molecule has 0 N–H and O–H groups in total. The van der Waals surface area contributed by atoms with Crippen molar-refractivity contribution in [2.24, 2.45) is 0 Å². The Labute approximate surface area is 126 Å². The minimum absolute atomic E-state index is 0.00345. The van der Waals surface area contributed by atoms with E-state index in [-0.39, 0.29) is 17.4 Å². The summed E-state index contributed by atoms with van der Waals surface area (Å²) in [6.45, 7) is 3.32. The second-order valence-electron chi connectivity index (χ2n) is 5.25. The number of ketones is 1. The molecule has 114 valence electrons. The maximum atomic E-state index is 12.5. The summed E-state index contributed by atoms with van der Waals surface area (Å²) >= 11 is 0. The molecule has 2 heterocycles. The van der Waals surface area contributed by atoms with Crippen LogP contribution in [0.25, 0.3) is 12.3 Å². The van der Waals surface area contributed by atoms with E-state index in [4.69, 9.17) is 9.15 Å². The second-order valence-corrected chi connectivity index (χ2v) is 5.25. The fourth-order valence-corrected chi connectivity index (χ4v) is 2.69. The maximum Gasteiger partial charge on any atom is 0.308 e. The number of hydrogen-bond acceptors (Lipinski definition) is 5. The molecule has 2 aliphatic rings. The molecule has 0 atom stereocenters. The molecule has 22 heavy (non-hydrogen) atoms. The lowest BCUT2D eigenvalue weighted by molar-refractivity contribution is -0.136. The zero-order chi connectivity index (χ0) is 15.9. The largest absolute Gasteiger partial charge is 0.455 e. The molecular weight excluding hydrogens is 286 g/mol. The molecule has 0 unspecified atom stereocenters. The summed E-state index contributed by atoms with van der Waals surface area (Å²) < 4.78 is 10.6. The van der Waals surface area contributed by atoms with Crippen molar-refractivity contribution in [1.82, 2.24) is 4.90 Å². The topological polar surface area (TPSA) is 76.8 Å². The first-order valence-corrected chi connectivity index (χ1v) is 7.03. The van der Waals surface area contributed by atoms with Crippen LogP contribution in [0.2, 0.25) is 0 Å². The summed E-state index contributed by atoms with van der Waals surface area (Å²) in [6, 6.07) is 0. The Morgan fingerprint density at radius 2 is 2.00 bits per heavy atom. The van der Waals surface area contributed by atoms with Crippen molar-refractivity contribution in [3.63, 3.8) is 0 Å². The van der Waals surface area contributed by atoms with Crippen LogP contribution in [0, 0.1) is 0 Å². The van der Waals surface area contributed by atoms with Crippen LogP contribution in [0.3, 0.4) is 0 Å². The zero-order valence-corrected chi connectivity index (χ0v) is 12.3. The van der Waals surface area contributed by atoms with Crippen molar-refractivity contribution in [3.8, 4) is 0 Å². The van der Waals surface area contributed by atoms with Gasteiger partial charge in [-0.05, 0) is 25.0 Å². The first-order valence-electron chi connectivity index (χ1n) is 7.03. The summed E-state index contributed by atoms with van der Waals surface area (Å²) in [5.41, 5.74) is 2.14. The highest BCUT2D eigenvalue weighted by atomic mass is 16.5. The Kier molecular flexibility index (Phi) is 3.44. The van der Waals surface area contributed by atoms with Gasteiger partial charge in [0.2, 0.25) is 11.7 Å². The third-order valence-corrected chi connectivity index (χ3v) is 3.66. The van der Waals surface area contributed by atoms with E-state index in [1.807, 2.05) is 0 Å². The zero-order valence-electron chi connectivity index (χ0n) is 12.3. The number of rotatable bonds is 1. The lowest BCUT2D eigenvalue weighted by atomic mass is 9.99. The summed E-state index contributed by atoms with van der Waals surface area (Å²) in [4.78, 5) is 36.7. The van der Waals surface area contributed by atoms with Gasteiger partial charge in [0.05, 0.1) is 5.56 Å². The van der Waals surface area contributed by atoms with Crippen molar-refractivity contribution in [3.05, 3.63) is 33.8 Å². The number of fused-ring (bicyclic) bond motifs is 3. The summed E-state index contributed by atoms with van der Waals surface area (Å²) in [6.07, 6.45) is 6.03. The fourth-order valence-electron chi connectivity index (χ4n) is 2.69. The van der Waals surface area contributed by atoms with Gasteiger partial charge < -0.3 is 14.1 Å². The molecule has 6 heteroatoms. The van der Waals surface area contributed by atoms with Gasteiger partial charge in [-0.3, -0.25) is 14.4 Å². The lowest BCUT2D eigenvalue weighted by Crippen LogP contribution is -2.24. The van der Waals surface area contributed by atoms with Gasteiger partial charge in [-0.1, -0.05) is 0 Å². The lowest BCUT2D eigenvalue weighted by Gasteiger charge is -2.13. The van der Waals surface area contributed by atoms with Gasteiger partial charge in [0.25, 0.3) is 0 Å². The third kappa shape index (κ3) is 2.36. The quantitative estimate of drug-likeness (QED) is 0.694. The van der Waals surface area contributed by atoms with E-state index in [1.165, 1.54) is 19.9 Å². The Morgan fingerprint density at radius 3 is 2.68 bits per heavy atom. The van der Waals surface area contributed by atoms with E-state index in [9.17, 15) is 14.4 Å². The molecule has 0 saturated carbocycles. The predicted octanol–water partition coefficient (Wildman–Crippen LogP) is 0.236. The van der Waals surface area contributed by atoms with Gasteiger partial charge in [-0.15, -0.1) is 0 Å². The number of hydrogen-bond donors (Lipinski definition) is 0.